The normalized spacial score (nSPS) is 18.9. The van der Waals surface area contributed by atoms with E-state index in [9.17, 15) is 9.59 Å². The van der Waals surface area contributed by atoms with Crippen LogP contribution in [0.1, 0.15) is 67.9 Å². The molecule has 5 nitrogen and oxygen atoms in total. The van der Waals surface area contributed by atoms with Gasteiger partial charge in [0, 0.05) is 18.0 Å². The van der Waals surface area contributed by atoms with Gasteiger partial charge < -0.3 is 5.32 Å². The van der Waals surface area contributed by atoms with Gasteiger partial charge in [-0.15, -0.1) is 0 Å². The maximum absolute atomic E-state index is 12.0. The van der Waals surface area contributed by atoms with E-state index in [-0.39, 0.29) is 17.4 Å². The fourth-order valence-corrected chi connectivity index (χ4v) is 3.39. The van der Waals surface area contributed by atoms with E-state index in [0.717, 1.165) is 36.8 Å². The second-order valence-corrected chi connectivity index (χ2v) is 6.97. The quantitative estimate of drug-likeness (QED) is 0.577. The van der Waals surface area contributed by atoms with E-state index in [0.29, 0.717) is 12.0 Å². The first-order valence-electron chi connectivity index (χ1n) is 8.24. The fraction of sp³-hybridized carbons (Fsp3) is 0.556. The van der Waals surface area contributed by atoms with Gasteiger partial charge in [-0.05, 0) is 47.9 Å². The SMILES string of the molecule is CCCCC(=O)NC1Cc2ccc(C(=O)NO)cc2C(C)(C)C1. The summed E-state index contributed by atoms with van der Waals surface area (Å²) in [5.41, 5.74) is 4.24. The van der Waals surface area contributed by atoms with Crippen LogP contribution in [0.25, 0.3) is 0 Å². The lowest BCUT2D eigenvalue weighted by Gasteiger charge is -2.38. The van der Waals surface area contributed by atoms with Gasteiger partial charge in [-0.2, -0.15) is 0 Å². The van der Waals surface area contributed by atoms with Crippen LogP contribution in [0.15, 0.2) is 18.2 Å². The number of benzene rings is 1. The maximum atomic E-state index is 12.0. The van der Waals surface area contributed by atoms with Crippen LogP contribution in [0.2, 0.25) is 0 Å². The number of hydrogen-bond acceptors (Lipinski definition) is 3. The third kappa shape index (κ3) is 4.10. The van der Waals surface area contributed by atoms with Crippen molar-refractivity contribution in [3.63, 3.8) is 0 Å². The van der Waals surface area contributed by atoms with Crippen LogP contribution >= 0.6 is 0 Å². The van der Waals surface area contributed by atoms with Gasteiger partial charge in [0.05, 0.1) is 0 Å². The average molecular weight is 318 g/mol. The molecule has 5 heteroatoms. The second-order valence-electron chi connectivity index (χ2n) is 6.97. The van der Waals surface area contributed by atoms with Crippen molar-refractivity contribution in [1.29, 1.82) is 0 Å². The Labute approximate surface area is 137 Å². The number of unbranched alkanes of at least 4 members (excludes halogenated alkanes) is 1. The molecule has 0 aromatic heterocycles. The Balaban J connectivity index is 2.17. The molecule has 1 aliphatic carbocycles. The minimum absolute atomic E-state index is 0.118. The number of nitrogens with one attached hydrogen (secondary N) is 2. The monoisotopic (exact) mass is 318 g/mol. The smallest absolute Gasteiger partial charge is 0.274 e. The summed E-state index contributed by atoms with van der Waals surface area (Å²) in [5.74, 6) is -0.383. The molecule has 1 unspecified atom stereocenters. The van der Waals surface area contributed by atoms with E-state index in [4.69, 9.17) is 5.21 Å². The molecule has 2 amide bonds. The second kappa shape index (κ2) is 7.13. The zero-order valence-corrected chi connectivity index (χ0v) is 14.1. The molecule has 3 N–H and O–H groups in total. The van der Waals surface area contributed by atoms with Crippen molar-refractivity contribution in [1.82, 2.24) is 10.8 Å². The topological polar surface area (TPSA) is 78.4 Å². The summed E-state index contributed by atoms with van der Waals surface area (Å²) in [6.45, 7) is 6.32. The van der Waals surface area contributed by atoms with Crippen molar-refractivity contribution in [2.75, 3.05) is 0 Å². The van der Waals surface area contributed by atoms with Gasteiger partial charge in [-0.1, -0.05) is 33.3 Å². The molecule has 1 aromatic carbocycles. The first kappa shape index (κ1) is 17.5. The Morgan fingerprint density at radius 1 is 1.35 bits per heavy atom. The molecule has 2 rings (SSSR count). The van der Waals surface area contributed by atoms with E-state index in [1.165, 1.54) is 0 Å². The third-order valence-electron chi connectivity index (χ3n) is 4.55. The third-order valence-corrected chi connectivity index (χ3v) is 4.55. The minimum atomic E-state index is -0.501. The molecule has 0 fully saturated rings. The van der Waals surface area contributed by atoms with Crippen LogP contribution < -0.4 is 10.8 Å². The summed E-state index contributed by atoms with van der Waals surface area (Å²) >= 11 is 0. The molecule has 0 heterocycles. The van der Waals surface area contributed by atoms with Crippen molar-refractivity contribution in [2.24, 2.45) is 0 Å². The Morgan fingerprint density at radius 3 is 2.74 bits per heavy atom. The molecule has 0 spiro atoms. The first-order valence-corrected chi connectivity index (χ1v) is 8.24. The summed E-state index contributed by atoms with van der Waals surface area (Å²) in [6.07, 6.45) is 4.12. The van der Waals surface area contributed by atoms with Crippen molar-refractivity contribution in [3.8, 4) is 0 Å². The zero-order valence-electron chi connectivity index (χ0n) is 14.1. The predicted molar refractivity (Wildman–Crippen MR) is 88.5 cm³/mol. The lowest BCUT2D eigenvalue weighted by molar-refractivity contribution is -0.122. The number of amides is 2. The maximum Gasteiger partial charge on any atom is 0.274 e. The number of carbonyl (C=O) groups excluding carboxylic acids is 2. The highest BCUT2D eigenvalue weighted by molar-refractivity contribution is 5.93. The molecule has 0 aliphatic heterocycles. The Morgan fingerprint density at radius 2 is 2.09 bits per heavy atom. The van der Waals surface area contributed by atoms with Crippen LogP contribution in [0, 0.1) is 0 Å². The van der Waals surface area contributed by atoms with Crippen LogP contribution in [-0.4, -0.2) is 23.1 Å². The van der Waals surface area contributed by atoms with Gasteiger partial charge in [0.1, 0.15) is 0 Å². The van der Waals surface area contributed by atoms with Crippen LogP contribution in [0.3, 0.4) is 0 Å². The lowest BCUT2D eigenvalue weighted by Crippen LogP contribution is -2.44. The van der Waals surface area contributed by atoms with Gasteiger partial charge in [-0.3, -0.25) is 14.8 Å². The molecule has 0 bridgehead atoms. The van der Waals surface area contributed by atoms with Crippen molar-refractivity contribution in [3.05, 3.63) is 34.9 Å². The van der Waals surface area contributed by atoms with Crippen molar-refractivity contribution >= 4 is 11.8 Å². The Kier molecular flexibility index (Phi) is 5.42. The van der Waals surface area contributed by atoms with E-state index < -0.39 is 5.91 Å². The van der Waals surface area contributed by atoms with Gasteiger partial charge in [0.15, 0.2) is 0 Å². The van der Waals surface area contributed by atoms with Crippen molar-refractivity contribution < 1.29 is 14.8 Å². The number of carbonyl (C=O) groups is 2. The van der Waals surface area contributed by atoms with E-state index in [2.05, 4.69) is 26.1 Å². The molecule has 0 radical (unpaired) electrons. The summed E-state index contributed by atoms with van der Waals surface area (Å²) in [7, 11) is 0. The molecule has 23 heavy (non-hydrogen) atoms. The standard InChI is InChI=1S/C18H26N2O3/c1-4-5-6-16(21)19-14-9-12-7-8-13(17(22)20-23)10-15(12)18(2,3)11-14/h7-8,10,14,23H,4-6,9,11H2,1-3H3,(H,19,21)(H,20,22). The highest BCUT2D eigenvalue weighted by Gasteiger charge is 2.34. The first-order chi connectivity index (χ1) is 10.9. The Bertz CT molecular complexity index is 596. The van der Waals surface area contributed by atoms with Crippen LogP contribution in [0.5, 0.6) is 0 Å². The van der Waals surface area contributed by atoms with Gasteiger partial charge in [0.25, 0.3) is 5.91 Å². The van der Waals surface area contributed by atoms with Gasteiger partial charge >= 0.3 is 0 Å². The Hall–Kier alpha value is -1.88. The minimum Gasteiger partial charge on any atom is -0.353 e. The molecule has 1 aliphatic rings. The number of rotatable bonds is 5. The number of hydrogen-bond donors (Lipinski definition) is 3. The molecule has 0 saturated carbocycles. The number of fused-ring (bicyclic) bond motifs is 1. The van der Waals surface area contributed by atoms with Gasteiger partial charge in [-0.25, -0.2) is 5.48 Å². The van der Waals surface area contributed by atoms with E-state index in [1.807, 2.05) is 12.1 Å². The highest BCUT2D eigenvalue weighted by Crippen LogP contribution is 2.37. The molecular formula is C18H26N2O3. The molecule has 0 saturated heterocycles. The molecule has 126 valence electrons. The van der Waals surface area contributed by atoms with Crippen molar-refractivity contribution in [2.45, 2.75) is 64.3 Å². The summed E-state index contributed by atoms with van der Waals surface area (Å²) in [4.78, 5) is 23.6. The molecule has 1 atom stereocenters. The highest BCUT2D eigenvalue weighted by atomic mass is 16.5. The summed E-state index contributed by atoms with van der Waals surface area (Å²) in [5, 5.41) is 11.9. The fourth-order valence-electron chi connectivity index (χ4n) is 3.39. The number of hydroxylamine groups is 1. The molecule has 1 aromatic rings. The predicted octanol–water partition coefficient (Wildman–Crippen LogP) is 2.70. The largest absolute Gasteiger partial charge is 0.353 e. The van der Waals surface area contributed by atoms with Gasteiger partial charge in [0.2, 0.25) is 5.91 Å². The zero-order chi connectivity index (χ0) is 17.0. The lowest BCUT2D eigenvalue weighted by atomic mass is 9.70. The van der Waals surface area contributed by atoms with E-state index in [1.54, 1.807) is 11.5 Å². The van der Waals surface area contributed by atoms with Crippen LogP contribution in [-0.2, 0) is 16.6 Å². The molecular weight excluding hydrogens is 292 g/mol. The van der Waals surface area contributed by atoms with E-state index >= 15 is 0 Å². The average Bonchev–Trinajstić information content (AvgIpc) is 2.51. The van der Waals surface area contributed by atoms with Crippen LogP contribution in [0.4, 0.5) is 0 Å². The summed E-state index contributed by atoms with van der Waals surface area (Å²) in [6, 6.07) is 5.60. The summed E-state index contributed by atoms with van der Waals surface area (Å²) < 4.78 is 0.